The van der Waals surface area contributed by atoms with Crippen LogP contribution in [0, 0.1) is 6.92 Å². The number of amides is 1. The Bertz CT molecular complexity index is 608. The molecule has 1 heterocycles. The molecule has 0 spiro atoms. The van der Waals surface area contributed by atoms with Crippen LogP contribution in [0.1, 0.15) is 27.2 Å². The molecule has 0 radical (unpaired) electrons. The quantitative estimate of drug-likeness (QED) is 0.831. The van der Waals surface area contributed by atoms with E-state index < -0.39 is 0 Å². The van der Waals surface area contributed by atoms with Crippen LogP contribution >= 0.6 is 11.8 Å². The van der Waals surface area contributed by atoms with Crippen molar-refractivity contribution < 1.29 is 9.21 Å². The van der Waals surface area contributed by atoms with Crippen LogP contribution in [0.25, 0.3) is 0 Å². The van der Waals surface area contributed by atoms with Gasteiger partial charge in [-0.3, -0.25) is 4.79 Å². The molecule has 0 atom stereocenters. The number of hydrogen-bond donors (Lipinski definition) is 2. The molecule has 3 N–H and O–H groups in total. The molecule has 0 fully saturated rings. The van der Waals surface area contributed by atoms with Gasteiger partial charge in [-0.05, 0) is 36.4 Å². The molecule has 4 nitrogen and oxygen atoms in total. The van der Waals surface area contributed by atoms with E-state index in [1.165, 1.54) is 16.7 Å². The van der Waals surface area contributed by atoms with Crippen molar-refractivity contribution in [3.8, 4) is 0 Å². The molecular weight excluding hydrogens is 272 g/mol. The normalized spacial score (nSPS) is 10.6. The van der Waals surface area contributed by atoms with Crippen LogP contribution in [0.15, 0.2) is 39.8 Å². The summed E-state index contributed by atoms with van der Waals surface area (Å²) in [6, 6.07) is 7.88. The van der Waals surface area contributed by atoms with Gasteiger partial charge in [0.15, 0.2) is 0 Å². The van der Waals surface area contributed by atoms with E-state index >= 15 is 0 Å². The minimum absolute atomic E-state index is 0.152. The summed E-state index contributed by atoms with van der Waals surface area (Å²) in [6.45, 7) is 2.85. The summed E-state index contributed by atoms with van der Waals surface area (Å²) in [5, 5.41) is 2.89. The molecule has 0 unspecified atom stereocenters. The average molecular weight is 290 g/mol. The summed E-state index contributed by atoms with van der Waals surface area (Å²) in [6.07, 6.45) is 3.46. The smallest absolute Gasteiger partial charge is 0.254 e. The first kappa shape index (κ1) is 14.7. The van der Waals surface area contributed by atoms with Crippen molar-refractivity contribution in [2.75, 3.05) is 6.26 Å². The molecule has 0 bridgehead atoms. The van der Waals surface area contributed by atoms with Crippen molar-refractivity contribution in [2.45, 2.75) is 24.9 Å². The molecule has 1 aromatic carbocycles. The zero-order valence-electron chi connectivity index (χ0n) is 11.6. The first-order valence-electron chi connectivity index (χ1n) is 6.33. The first-order valence-corrected chi connectivity index (χ1v) is 7.55. The number of thioether (sulfide) groups is 1. The molecule has 106 valence electrons. The van der Waals surface area contributed by atoms with Crippen molar-refractivity contribution >= 4 is 17.7 Å². The van der Waals surface area contributed by atoms with Gasteiger partial charge >= 0.3 is 0 Å². The third-order valence-electron chi connectivity index (χ3n) is 3.00. The molecule has 2 rings (SSSR count). The number of furan rings is 1. The second kappa shape index (κ2) is 6.63. The Morgan fingerprint density at radius 3 is 2.85 bits per heavy atom. The number of nitrogens with two attached hydrogens (primary N) is 1. The van der Waals surface area contributed by atoms with Gasteiger partial charge in [-0.25, -0.2) is 0 Å². The molecule has 5 heteroatoms. The molecule has 0 saturated heterocycles. The fraction of sp³-hybridized carbons (Fsp3) is 0.267. The zero-order valence-corrected chi connectivity index (χ0v) is 12.4. The highest BCUT2D eigenvalue weighted by atomic mass is 32.2. The van der Waals surface area contributed by atoms with Gasteiger partial charge in [0.2, 0.25) is 0 Å². The molecule has 1 amide bonds. The van der Waals surface area contributed by atoms with Crippen LogP contribution in [0.3, 0.4) is 0 Å². The van der Waals surface area contributed by atoms with E-state index in [-0.39, 0.29) is 5.91 Å². The maximum atomic E-state index is 12.0. The molecule has 0 saturated carbocycles. The second-order valence-electron chi connectivity index (χ2n) is 4.50. The Labute approximate surface area is 122 Å². The lowest BCUT2D eigenvalue weighted by molar-refractivity contribution is 0.0950. The number of carbonyl (C=O) groups is 1. The average Bonchev–Trinajstić information content (AvgIpc) is 2.94. The SMILES string of the molecule is CSc1cc(C)ccc1CNC(=O)c1coc(CN)c1. The molecule has 0 aliphatic rings. The van der Waals surface area contributed by atoms with Gasteiger partial charge in [-0.2, -0.15) is 0 Å². The number of nitrogens with one attached hydrogen (secondary N) is 1. The predicted octanol–water partition coefficient (Wildman–Crippen LogP) is 2.70. The molecule has 0 aliphatic heterocycles. The third-order valence-corrected chi connectivity index (χ3v) is 3.82. The Kier molecular flexibility index (Phi) is 4.87. The minimum atomic E-state index is -0.152. The van der Waals surface area contributed by atoms with Crippen LogP contribution in [0.5, 0.6) is 0 Å². The van der Waals surface area contributed by atoms with Crippen molar-refractivity contribution in [3.63, 3.8) is 0 Å². The van der Waals surface area contributed by atoms with E-state index in [4.69, 9.17) is 10.2 Å². The Morgan fingerprint density at radius 2 is 2.20 bits per heavy atom. The maximum absolute atomic E-state index is 12.0. The summed E-state index contributed by atoms with van der Waals surface area (Å²) in [5.41, 5.74) is 8.28. The fourth-order valence-corrected chi connectivity index (χ4v) is 2.59. The van der Waals surface area contributed by atoms with Gasteiger partial charge in [0, 0.05) is 11.4 Å². The number of benzene rings is 1. The van der Waals surface area contributed by atoms with Crippen LogP contribution in [-0.2, 0) is 13.1 Å². The highest BCUT2D eigenvalue weighted by Gasteiger charge is 2.10. The van der Waals surface area contributed by atoms with E-state index in [2.05, 4.69) is 18.3 Å². The summed E-state index contributed by atoms with van der Waals surface area (Å²) in [4.78, 5) is 13.2. The lowest BCUT2D eigenvalue weighted by Gasteiger charge is -2.09. The van der Waals surface area contributed by atoms with Crippen LogP contribution in [0.4, 0.5) is 0 Å². The third kappa shape index (κ3) is 3.43. The van der Waals surface area contributed by atoms with Gasteiger partial charge in [-0.1, -0.05) is 12.1 Å². The monoisotopic (exact) mass is 290 g/mol. The van der Waals surface area contributed by atoms with Crippen LogP contribution < -0.4 is 11.1 Å². The number of aryl methyl sites for hydroxylation is 1. The van der Waals surface area contributed by atoms with Gasteiger partial charge in [0.1, 0.15) is 12.0 Å². The van der Waals surface area contributed by atoms with Gasteiger partial charge < -0.3 is 15.5 Å². The Balaban J connectivity index is 2.03. The van der Waals surface area contributed by atoms with E-state index in [1.54, 1.807) is 17.8 Å². The molecule has 0 aliphatic carbocycles. The summed E-state index contributed by atoms with van der Waals surface area (Å²) < 4.78 is 5.16. The first-order chi connectivity index (χ1) is 9.63. The topological polar surface area (TPSA) is 68.3 Å². The zero-order chi connectivity index (χ0) is 14.5. The maximum Gasteiger partial charge on any atom is 0.254 e. The van der Waals surface area contributed by atoms with Gasteiger partial charge in [0.25, 0.3) is 5.91 Å². The summed E-state index contributed by atoms with van der Waals surface area (Å²) >= 11 is 1.68. The standard InChI is InChI=1S/C15H18N2O2S/c1-10-3-4-11(14(5-10)20-2)8-17-15(18)12-6-13(7-16)19-9-12/h3-6,9H,7-8,16H2,1-2H3,(H,17,18). The molecule has 20 heavy (non-hydrogen) atoms. The minimum Gasteiger partial charge on any atom is -0.467 e. The van der Waals surface area contributed by atoms with E-state index in [1.807, 2.05) is 18.4 Å². The van der Waals surface area contributed by atoms with Gasteiger partial charge in [0.05, 0.1) is 12.1 Å². The number of hydrogen-bond acceptors (Lipinski definition) is 4. The highest BCUT2D eigenvalue weighted by Crippen LogP contribution is 2.21. The Hall–Kier alpha value is -1.72. The van der Waals surface area contributed by atoms with Crippen molar-refractivity contribution in [3.05, 3.63) is 53.0 Å². The van der Waals surface area contributed by atoms with E-state index in [0.717, 1.165) is 5.56 Å². The molecular formula is C15H18N2O2S. The van der Waals surface area contributed by atoms with Crippen molar-refractivity contribution in [1.29, 1.82) is 0 Å². The lowest BCUT2D eigenvalue weighted by Crippen LogP contribution is -2.22. The number of carbonyl (C=O) groups excluding carboxylic acids is 1. The Morgan fingerprint density at radius 1 is 1.40 bits per heavy atom. The second-order valence-corrected chi connectivity index (χ2v) is 5.35. The highest BCUT2D eigenvalue weighted by molar-refractivity contribution is 7.98. The lowest BCUT2D eigenvalue weighted by atomic mass is 10.1. The number of rotatable bonds is 5. The van der Waals surface area contributed by atoms with E-state index in [0.29, 0.717) is 24.4 Å². The van der Waals surface area contributed by atoms with Gasteiger partial charge in [-0.15, -0.1) is 11.8 Å². The summed E-state index contributed by atoms with van der Waals surface area (Å²) in [5.74, 6) is 0.455. The van der Waals surface area contributed by atoms with Crippen LogP contribution in [0.2, 0.25) is 0 Å². The fourth-order valence-electron chi connectivity index (χ4n) is 1.88. The molecule has 2 aromatic rings. The van der Waals surface area contributed by atoms with E-state index in [9.17, 15) is 4.79 Å². The summed E-state index contributed by atoms with van der Waals surface area (Å²) in [7, 11) is 0. The molecule has 1 aromatic heterocycles. The largest absolute Gasteiger partial charge is 0.467 e. The van der Waals surface area contributed by atoms with Crippen LogP contribution in [-0.4, -0.2) is 12.2 Å². The van der Waals surface area contributed by atoms with Crippen molar-refractivity contribution in [1.82, 2.24) is 5.32 Å². The van der Waals surface area contributed by atoms with Crippen molar-refractivity contribution in [2.24, 2.45) is 5.73 Å². The predicted molar refractivity (Wildman–Crippen MR) is 80.7 cm³/mol.